The molecule has 0 radical (unpaired) electrons. The van der Waals surface area contributed by atoms with E-state index in [0.29, 0.717) is 31.0 Å². The molecule has 0 saturated carbocycles. The number of Topliss-reactive ketones (excluding diaryl/α,β-unsaturated/α-hetero) is 2. The Bertz CT molecular complexity index is 823. The number of aliphatic hydroxyl groups excluding tert-OH is 1. The van der Waals surface area contributed by atoms with E-state index >= 15 is 0 Å². The predicted molar refractivity (Wildman–Crippen MR) is 113 cm³/mol. The molecule has 4 atom stereocenters. The molecule has 2 fully saturated rings. The standard InChI is InChI=1S/C20H24N2O4S2/c23-9-14-19(27-10-21-14)18(25)17-20(28-11-22-17)15(24)6-3-5-13-8-12-4-1-2-7-16(12)26-13/h1-2,4,7-8,14,17,19-23H,3,5-6,9-11H2/t14-,17-,19?,20?/m1/s1. The van der Waals surface area contributed by atoms with Gasteiger partial charge in [0, 0.05) is 36.0 Å². The van der Waals surface area contributed by atoms with Crippen molar-refractivity contribution >= 4 is 46.1 Å². The monoisotopic (exact) mass is 420 g/mol. The van der Waals surface area contributed by atoms with E-state index in [4.69, 9.17) is 4.42 Å². The summed E-state index contributed by atoms with van der Waals surface area (Å²) in [5.74, 6) is 2.27. The van der Waals surface area contributed by atoms with Gasteiger partial charge in [-0.2, -0.15) is 0 Å². The quantitative estimate of drug-likeness (QED) is 0.597. The molecule has 0 bridgehead atoms. The van der Waals surface area contributed by atoms with Crippen LogP contribution >= 0.6 is 23.5 Å². The Kier molecular flexibility index (Phi) is 6.42. The molecule has 4 rings (SSSR count). The van der Waals surface area contributed by atoms with E-state index in [2.05, 4.69) is 10.6 Å². The molecule has 0 aliphatic carbocycles. The molecule has 0 spiro atoms. The summed E-state index contributed by atoms with van der Waals surface area (Å²) in [5, 5.41) is 16.2. The summed E-state index contributed by atoms with van der Waals surface area (Å²) in [7, 11) is 0. The summed E-state index contributed by atoms with van der Waals surface area (Å²) in [5.41, 5.74) is 0.867. The lowest BCUT2D eigenvalue weighted by Gasteiger charge is -2.22. The number of hydrogen-bond acceptors (Lipinski definition) is 8. The summed E-state index contributed by atoms with van der Waals surface area (Å²) in [6.07, 6.45) is 1.84. The van der Waals surface area contributed by atoms with Crippen molar-refractivity contribution in [2.75, 3.05) is 18.4 Å². The minimum Gasteiger partial charge on any atom is -0.461 e. The molecule has 2 aliphatic rings. The number of aryl methyl sites for hydroxylation is 1. The predicted octanol–water partition coefficient (Wildman–Crippen LogP) is 1.95. The summed E-state index contributed by atoms with van der Waals surface area (Å²) in [6.45, 7) is -0.0701. The average molecular weight is 421 g/mol. The first-order valence-electron chi connectivity index (χ1n) is 9.52. The minimum absolute atomic E-state index is 0.0229. The molecule has 2 aromatic rings. The molecule has 2 unspecified atom stereocenters. The highest BCUT2D eigenvalue weighted by Gasteiger charge is 2.44. The van der Waals surface area contributed by atoms with Crippen LogP contribution in [-0.4, -0.2) is 57.6 Å². The number of ketones is 2. The molecule has 2 aliphatic heterocycles. The molecular formula is C20H24N2O4S2. The number of fused-ring (bicyclic) bond motifs is 1. The molecule has 1 aromatic carbocycles. The molecule has 150 valence electrons. The molecular weight excluding hydrogens is 396 g/mol. The Morgan fingerprint density at radius 2 is 1.93 bits per heavy atom. The Labute approximate surface area is 172 Å². The molecule has 28 heavy (non-hydrogen) atoms. The Morgan fingerprint density at radius 1 is 1.14 bits per heavy atom. The van der Waals surface area contributed by atoms with Gasteiger partial charge in [-0.3, -0.25) is 14.9 Å². The van der Waals surface area contributed by atoms with Crippen molar-refractivity contribution in [2.45, 2.75) is 41.8 Å². The van der Waals surface area contributed by atoms with Crippen LogP contribution in [0.3, 0.4) is 0 Å². The highest BCUT2D eigenvalue weighted by molar-refractivity contribution is 8.01. The normalized spacial score (nSPS) is 27.5. The second-order valence-corrected chi connectivity index (χ2v) is 9.37. The van der Waals surface area contributed by atoms with Gasteiger partial charge < -0.3 is 14.8 Å². The lowest BCUT2D eigenvalue weighted by atomic mass is 9.97. The molecule has 3 N–H and O–H groups in total. The van der Waals surface area contributed by atoms with E-state index in [1.807, 2.05) is 30.3 Å². The lowest BCUT2D eigenvalue weighted by Crippen LogP contribution is -2.50. The van der Waals surface area contributed by atoms with Crippen LogP contribution in [0.1, 0.15) is 18.6 Å². The van der Waals surface area contributed by atoms with Crippen LogP contribution in [-0.2, 0) is 16.0 Å². The van der Waals surface area contributed by atoms with Crippen LogP contribution in [0.4, 0.5) is 0 Å². The molecule has 6 nitrogen and oxygen atoms in total. The molecule has 3 heterocycles. The van der Waals surface area contributed by atoms with Gasteiger partial charge in [0.2, 0.25) is 0 Å². The number of hydrogen-bond donors (Lipinski definition) is 3. The van der Waals surface area contributed by atoms with Crippen LogP contribution in [0.2, 0.25) is 0 Å². The van der Waals surface area contributed by atoms with Gasteiger partial charge in [0.05, 0.1) is 23.1 Å². The fraction of sp³-hybridized carbons (Fsp3) is 0.500. The Hall–Kier alpha value is -1.32. The number of furan rings is 1. The maximum absolute atomic E-state index is 12.9. The number of thioether (sulfide) groups is 2. The number of benzene rings is 1. The minimum atomic E-state index is -0.463. The largest absolute Gasteiger partial charge is 0.461 e. The maximum atomic E-state index is 12.9. The zero-order valence-corrected chi connectivity index (χ0v) is 17.1. The Balaban J connectivity index is 1.32. The van der Waals surface area contributed by atoms with Crippen molar-refractivity contribution in [2.24, 2.45) is 0 Å². The molecule has 1 aromatic heterocycles. The lowest BCUT2D eigenvalue weighted by molar-refractivity contribution is -0.125. The second-order valence-electron chi connectivity index (χ2n) is 7.11. The summed E-state index contributed by atoms with van der Waals surface area (Å²) >= 11 is 3.01. The van der Waals surface area contributed by atoms with Crippen LogP contribution in [0.25, 0.3) is 11.0 Å². The van der Waals surface area contributed by atoms with Crippen molar-refractivity contribution < 1.29 is 19.1 Å². The van der Waals surface area contributed by atoms with Crippen LogP contribution in [0.15, 0.2) is 34.7 Å². The van der Waals surface area contributed by atoms with E-state index in [1.54, 1.807) is 0 Å². The zero-order valence-electron chi connectivity index (χ0n) is 15.4. The molecule has 8 heteroatoms. The van der Waals surface area contributed by atoms with E-state index in [0.717, 1.165) is 16.7 Å². The zero-order chi connectivity index (χ0) is 19.5. The third-order valence-electron chi connectivity index (χ3n) is 5.27. The van der Waals surface area contributed by atoms with Gasteiger partial charge in [-0.1, -0.05) is 18.2 Å². The molecule has 0 amide bonds. The average Bonchev–Trinajstić information content (AvgIpc) is 3.45. The summed E-state index contributed by atoms with van der Waals surface area (Å²) < 4.78 is 5.81. The second kappa shape index (κ2) is 9.00. The third-order valence-corrected chi connectivity index (χ3v) is 7.75. The SMILES string of the molecule is O=C(CCCc1cc2ccccc2o1)C1SCN[C@@H]1C(=O)C1SCN[C@@H]1CO. The van der Waals surface area contributed by atoms with Gasteiger partial charge in [0.25, 0.3) is 0 Å². The van der Waals surface area contributed by atoms with Crippen molar-refractivity contribution in [1.29, 1.82) is 0 Å². The molecule has 2 saturated heterocycles. The van der Waals surface area contributed by atoms with E-state index in [1.165, 1.54) is 23.5 Å². The maximum Gasteiger partial charge on any atom is 0.165 e. The van der Waals surface area contributed by atoms with Crippen LogP contribution in [0, 0.1) is 0 Å². The van der Waals surface area contributed by atoms with Gasteiger partial charge >= 0.3 is 0 Å². The van der Waals surface area contributed by atoms with Crippen LogP contribution in [0.5, 0.6) is 0 Å². The summed E-state index contributed by atoms with van der Waals surface area (Å²) in [6, 6.07) is 9.21. The first kappa shape index (κ1) is 20.0. The van der Waals surface area contributed by atoms with Gasteiger partial charge in [-0.05, 0) is 18.6 Å². The van der Waals surface area contributed by atoms with Crippen LogP contribution < -0.4 is 10.6 Å². The number of nitrogens with one attached hydrogen (secondary N) is 2. The van der Waals surface area contributed by atoms with Gasteiger partial charge in [-0.25, -0.2) is 0 Å². The van der Waals surface area contributed by atoms with E-state index < -0.39 is 6.04 Å². The fourth-order valence-electron chi connectivity index (χ4n) is 3.78. The number of carbonyl (C=O) groups excluding carboxylic acids is 2. The first-order valence-corrected chi connectivity index (χ1v) is 11.6. The van der Waals surface area contributed by atoms with Crippen molar-refractivity contribution in [3.63, 3.8) is 0 Å². The first-order chi connectivity index (χ1) is 13.7. The van der Waals surface area contributed by atoms with Gasteiger partial charge in [-0.15, -0.1) is 23.5 Å². The number of rotatable bonds is 8. The van der Waals surface area contributed by atoms with Crippen molar-refractivity contribution in [3.05, 3.63) is 36.1 Å². The van der Waals surface area contributed by atoms with Crippen molar-refractivity contribution in [1.82, 2.24) is 10.6 Å². The van der Waals surface area contributed by atoms with E-state index in [9.17, 15) is 14.7 Å². The topological polar surface area (TPSA) is 91.6 Å². The summed E-state index contributed by atoms with van der Waals surface area (Å²) in [4.78, 5) is 25.7. The number of aliphatic hydroxyl groups is 1. The third kappa shape index (κ3) is 4.16. The highest BCUT2D eigenvalue weighted by Crippen LogP contribution is 2.30. The smallest absolute Gasteiger partial charge is 0.165 e. The fourth-order valence-corrected chi connectivity index (χ4v) is 6.18. The number of carbonyl (C=O) groups is 2. The number of para-hydroxylation sites is 1. The van der Waals surface area contributed by atoms with Gasteiger partial charge in [0.1, 0.15) is 17.1 Å². The van der Waals surface area contributed by atoms with E-state index in [-0.39, 0.29) is 34.7 Å². The Morgan fingerprint density at radius 3 is 2.75 bits per heavy atom. The van der Waals surface area contributed by atoms with Crippen molar-refractivity contribution in [3.8, 4) is 0 Å². The van der Waals surface area contributed by atoms with Gasteiger partial charge in [0.15, 0.2) is 5.78 Å². The highest BCUT2D eigenvalue weighted by atomic mass is 32.2.